The summed E-state index contributed by atoms with van der Waals surface area (Å²) in [5.41, 5.74) is 5.89. The highest BCUT2D eigenvalue weighted by Gasteiger charge is 2.14. The zero-order chi connectivity index (χ0) is 19.3. The molecule has 0 aliphatic rings. The summed E-state index contributed by atoms with van der Waals surface area (Å²) in [6, 6.07) is 24.7. The molecule has 4 nitrogen and oxygen atoms in total. The number of hydrogen-bond donors (Lipinski definition) is 1. The maximum Gasteiger partial charge on any atom is 0.275 e. The number of amides is 1. The first-order valence-electron chi connectivity index (χ1n) is 8.82. The van der Waals surface area contributed by atoms with Crippen molar-refractivity contribution in [1.82, 2.24) is 10.5 Å². The van der Waals surface area contributed by atoms with Crippen LogP contribution in [0.5, 0.6) is 0 Å². The van der Waals surface area contributed by atoms with Crippen LogP contribution in [0, 0.1) is 5.82 Å². The highest BCUT2D eigenvalue weighted by Crippen LogP contribution is 2.25. The second kappa shape index (κ2) is 7.98. The number of pyridine rings is 1. The van der Waals surface area contributed by atoms with Crippen molar-refractivity contribution in [2.75, 3.05) is 0 Å². The molecule has 1 aromatic heterocycles. The Balaban J connectivity index is 1.63. The van der Waals surface area contributed by atoms with Gasteiger partial charge < -0.3 is 0 Å². The van der Waals surface area contributed by atoms with Gasteiger partial charge in [-0.1, -0.05) is 48.5 Å². The van der Waals surface area contributed by atoms with Gasteiger partial charge in [0, 0.05) is 10.9 Å². The summed E-state index contributed by atoms with van der Waals surface area (Å²) in [4.78, 5) is 22.7. The molecule has 0 spiro atoms. The van der Waals surface area contributed by atoms with E-state index >= 15 is 0 Å². The second-order valence-corrected chi connectivity index (χ2v) is 6.28. The lowest BCUT2D eigenvalue weighted by Gasteiger charge is -2.11. The van der Waals surface area contributed by atoms with Crippen molar-refractivity contribution in [3.8, 4) is 11.3 Å². The molecule has 0 unspecified atom stereocenters. The largest absolute Gasteiger partial charge is 0.275 e. The maximum atomic E-state index is 13.2. The van der Waals surface area contributed by atoms with E-state index in [9.17, 15) is 9.18 Å². The molecule has 5 heteroatoms. The number of carbonyl (C=O) groups excluding carboxylic acids is 1. The van der Waals surface area contributed by atoms with Crippen LogP contribution in [0.1, 0.15) is 15.9 Å². The predicted molar refractivity (Wildman–Crippen MR) is 106 cm³/mol. The summed E-state index contributed by atoms with van der Waals surface area (Å²) in [5, 5.41) is 0.717. The topological polar surface area (TPSA) is 51.2 Å². The SMILES string of the molecule is O=C(NOCc1ccccc1)c1cc(-c2ccc(F)cc2)nc2ccccc12. The molecule has 0 fully saturated rings. The number of benzene rings is 3. The summed E-state index contributed by atoms with van der Waals surface area (Å²) < 4.78 is 13.2. The summed E-state index contributed by atoms with van der Waals surface area (Å²) >= 11 is 0. The lowest BCUT2D eigenvalue weighted by Crippen LogP contribution is -2.24. The summed E-state index contributed by atoms with van der Waals surface area (Å²) in [5.74, 6) is -0.685. The van der Waals surface area contributed by atoms with Crippen molar-refractivity contribution >= 4 is 16.8 Å². The number of aromatic nitrogens is 1. The van der Waals surface area contributed by atoms with Crippen LogP contribution in [-0.4, -0.2) is 10.9 Å². The van der Waals surface area contributed by atoms with Crippen LogP contribution in [-0.2, 0) is 11.4 Å². The Morgan fingerprint density at radius 1 is 0.929 bits per heavy atom. The van der Waals surface area contributed by atoms with Gasteiger partial charge in [0.05, 0.1) is 23.4 Å². The molecule has 138 valence electrons. The van der Waals surface area contributed by atoms with E-state index in [4.69, 9.17) is 4.84 Å². The Bertz CT molecular complexity index is 1110. The number of nitrogens with one attached hydrogen (secondary N) is 1. The van der Waals surface area contributed by atoms with Crippen LogP contribution in [0.2, 0.25) is 0 Å². The Morgan fingerprint density at radius 3 is 2.43 bits per heavy atom. The Labute approximate surface area is 161 Å². The third-order valence-corrected chi connectivity index (χ3v) is 4.35. The van der Waals surface area contributed by atoms with Crippen LogP contribution >= 0.6 is 0 Å². The predicted octanol–water partition coefficient (Wildman–Crippen LogP) is 4.90. The zero-order valence-electron chi connectivity index (χ0n) is 14.9. The number of rotatable bonds is 5. The van der Waals surface area contributed by atoms with Crippen LogP contribution in [0.4, 0.5) is 4.39 Å². The highest BCUT2D eigenvalue weighted by molar-refractivity contribution is 6.06. The third-order valence-electron chi connectivity index (χ3n) is 4.35. The number of carbonyl (C=O) groups is 1. The van der Waals surface area contributed by atoms with Gasteiger partial charge in [-0.2, -0.15) is 0 Å². The van der Waals surface area contributed by atoms with Crippen LogP contribution in [0.25, 0.3) is 22.2 Å². The third kappa shape index (κ3) is 3.89. The first-order chi connectivity index (χ1) is 13.7. The van der Waals surface area contributed by atoms with Crippen LogP contribution in [0.3, 0.4) is 0 Å². The monoisotopic (exact) mass is 372 g/mol. The number of para-hydroxylation sites is 1. The fourth-order valence-electron chi connectivity index (χ4n) is 2.95. The van der Waals surface area contributed by atoms with Crippen molar-refractivity contribution in [3.63, 3.8) is 0 Å². The quantitative estimate of drug-likeness (QED) is 0.507. The lowest BCUT2D eigenvalue weighted by atomic mass is 10.0. The van der Waals surface area contributed by atoms with E-state index in [-0.39, 0.29) is 18.3 Å². The smallest absolute Gasteiger partial charge is 0.269 e. The van der Waals surface area contributed by atoms with E-state index < -0.39 is 0 Å². The average Bonchev–Trinajstić information content (AvgIpc) is 2.74. The van der Waals surface area contributed by atoms with E-state index in [1.54, 1.807) is 18.2 Å². The molecule has 0 bridgehead atoms. The van der Waals surface area contributed by atoms with Crippen molar-refractivity contribution < 1.29 is 14.0 Å². The highest BCUT2D eigenvalue weighted by atomic mass is 19.1. The molecule has 3 aromatic carbocycles. The van der Waals surface area contributed by atoms with Gasteiger partial charge in [0.15, 0.2) is 0 Å². The second-order valence-electron chi connectivity index (χ2n) is 6.28. The van der Waals surface area contributed by atoms with E-state index in [2.05, 4.69) is 10.5 Å². The van der Waals surface area contributed by atoms with Crippen molar-refractivity contribution in [1.29, 1.82) is 0 Å². The minimum Gasteiger partial charge on any atom is -0.269 e. The number of fused-ring (bicyclic) bond motifs is 1. The number of hydrogen-bond acceptors (Lipinski definition) is 3. The normalized spacial score (nSPS) is 10.8. The van der Waals surface area contributed by atoms with E-state index in [0.717, 1.165) is 11.1 Å². The van der Waals surface area contributed by atoms with Crippen molar-refractivity contribution in [2.24, 2.45) is 0 Å². The maximum absolute atomic E-state index is 13.2. The van der Waals surface area contributed by atoms with Gasteiger partial charge >= 0.3 is 0 Å². The molecule has 1 amide bonds. The molecule has 0 aliphatic carbocycles. The lowest BCUT2D eigenvalue weighted by molar-refractivity contribution is 0.0235. The molecule has 1 heterocycles. The molecule has 0 radical (unpaired) electrons. The van der Waals surface area contributed by atoms with Gasteiger partial charge in [0.25, 0.3) is 5.91 Å². The van der Waals surface area contributed by atoms with Crippen molar-refractivity contribution in [3.05, 3.63) is 102 Å². The number of halogens is 1. The molecule has 0 saturated heterocycles. The fourth-order valence-corrected chi connectivity index (χ4v) is 2.95. The van der Waals surface area contributed by atoms with Gasteiger partial charge in [-0.25, -0.2) is 14.9 Å². The Hall–Kier alpha value is -3.57. The average molecular weight is 372 g/mol. The minimum atomic E-state index is -0.363. The van der Waals surface area contributed by atoms with Crippen LogP contribution < -0.4 is 5.48 Å². The standard InChI is InChI=1S/C23H17FN2O2/c24-18-12-10-17(11-13-18)22-14-20(19-8-4-5-9-21(19)25-22)23(27)26-28-15-16-6-2-1-3-7-16/h1-14H,15H2,(H,26,27). The summed E-state index contributed by atoms with van der Waals surface area (Å²) in [6.07, 6.45) is 0. The van der Waals surface area contributed by atoms with Gasteiger partial charge in [0.2, 0.25) is 0 Å². The van der Waals surface area contributed by atoms with E-state index in [0.29, 0.717) is 22.2 Å². The van der Waals surface area contributed by atoms with Crippen molar-refractivity contribution in [2.45, 2.75) is 6.61 Å². The van der Waals surface area contributed by atoms with E-state index in [1.165, 1.54) is 12.1 Å². The minimum absolute atomic E-state index is 0.264. The Kier molecular flexibility index (Phi) is 5.08. The van der Waals surface area contributed by atoms with Crippen LogP contribution in [0.15, 0.2) is 84.9 Å². The molecule has 4 rings (SSSR count). The Morgan fingerprint density at radius 2 is 1.64 bits per heavy atom. The van der Waals surface area contributed by atoms with Gasteiger partial charge in [-0.3, -0.25) is 9.63 Å². The zero-order valence-corrected chi connectivity index (χ0v) is 14.9. The molecule has 1 N–H and O–H groups in total. The van der Waals surface area contributed by atoms with Gasteiger partial charge in [-0.15, -0.1) is 0 Å². The first kappa shape index (κ1) is 17.8. The van der Waals surface area contributed by atoms with Gasteiger partial charge in [-0.05, 0) is 42.0 Å². The molecule has 0 aliphatic heterocycles. The summed E-state index contributed by atoms with van der Waals surface area (Å²) in [7, 11) is 0. The number of nitrogens with zero attached hydrogens (tertiary/aromatic N) is 1. The molecule has 0 saturated carbocycles. The molecule has 4 aromatic rings. The molecular weight excluding hydrogens is 355 g/mol. The van der Waals surface area contributed by atoms with Gasteiger partial charge in [0.1, 0.15) is 5.82 Å². The number of hydroxylamine groups is 1. The molecular formula is C23H17FN2O2. The summed E-state index contributed by atoms with van der Waals surface area (Å²) in [6.45, 7) is 0.264. The molecule has 0 atom stereocenters. The fraction of sp³-hybridized carbons (Fsp3) is 0.0435. The first-order valence-corrected chi connectivity index (χ1v) is 8.82. The van der Waals surface area contributed by atoms with E-state index in [1.807, 2.05) is 54.6 Å². The molecule has 28 heavy (non-hydrogen) atoms.